The van der Waals surface area contributed by atoms with Gasteiger partial charge < -0.3 is 0 Å². The van der Waals surface area contributed by atoms with Crippen molar-refractivity contribution in [2.24, 2.45) is 0 Å². The summed E-state index contributed by atoms with van der Waals surface area (Å²) in [6, 6.07) is 15.0. The van der Waals surface area contributed by atoms with Crippen molar-refractivity contribution in [3.63, 3.8) is 0 Å². The lowest BCUT2D eigenvalue weighted by atomic mass is 10.1. The summed E-state index contributed by atoms with van der Waals surface area (Å²) < 4.78 is 0. The first-order valence-electron chi connectivity index (χ1n) is 6.18. The van der Waals surface area contributed by atoms with Crippen LogP contribution in [-0.2, 0) is 6.42 Å². The van der Waals surface area contributed by atoms with E-state index in [1.807, 2.05) is 53.9 Å². The third-order valence-electron chi connectivity index (χ3n) is 2.46. The van der Waals surface area contributed by atoms with Gasteiger partial charge in [0.05, 0.1) is 6.42 Å². The minimum atomic E-state index is 0. The Morgan fingerprint density at radius 3 is 2.00 bits per heavy atom. The largest absolute Gasteiger partial charge is 0.294 e. The Bertz CT molecular complexity index is 592. The fourth-order valence-corrected chi connectivity index (χ4v) is 2.13. The molecule has 0 atom stereocenters. The molecule has 0 saturated carbocycles. The van der Waals surface area contributed by atoms with Gasteiger partial charge in [-0.2, -0.15) is 0 Å². The van der Waals surface area contributed by atoms with Crippen LogP contribution >= 0.6 is 45.3 Å². The minimum absolute atomic E-state index is 0. The lowest BCUT2D eigenvalue weighted by molar-refractivity contribution is 0.0993. The van der Waals surface area contributed by atoms with Crippen LogP contribution in [0.4, 0.5) is 0 Å². The molecule has 0 saturated heterocycles. The van der Waals surface area contributed by atoms with E-state index in [4.69, 9.17) is 0 Å². The highest BCUT2D eigenvalue weighted by Gasteiger charge is 2.07. The SMILES string of the molecule is Br.Br.O=C(Cc1nccs1)c1ccccc1.c1ccncc1. The maximum Gasteiger partial charge on any atom is 0.169 e. The number of benzene rings is 1. The molecule has 0 aliphatic heterocycles. The van der Waals surface area contributed by atoms with Crippen LogP contribution in [0.15, 0.2) is 72.5 Å². The number of carbonyl (C=O) groups is 1. The zero-order valence-electron chi connectivity index (χ0n) is 11.7. The number of pyridine rings is 1. The van der Waals surface area contributed by atoms with Crippen molar-refractivity contribution in [1.29, 1.82) is 0 Å². The Labute approximate surface area is 155 Å². The van der Waals surface area contributed by atoms with Gasteiger partial charge in [0, 0.05) is 29.5 Å². The fourth-order valence-electron chi connectivity index (χ4n) is 1.52. The number of ketones is 1. The first-order chi connectivity index (χ1) is 9.86. The number of aromatic nitrogens is 2. The van der Waals surface area contributed by atoms with Crippen molar-refractivity contribution in [2.75, 3.05) is 0 Å². The van der Waals surface area contributed by atoms with Crippen LogP contribution in [-0.4, -0.2) is 15.8 Å². The summed E-state index contributed by atoms with van der Waals surface area (Å²) in [5.41, 5.74) is 0.752. The minimum Gasteiger partial charge on any atom is -0.294 e. The Hall–Kier alpha value is -1.37. The summed E-state index contributed by atoms with van der Waals surface area (Å²) in [5, 5.41) is 2.76. The molecule has 3 aromatic rings. The molecule has 0 bridgehead atoms. The molecule has 2 heterocycles. The smallest absolute Gasteiger partial charge is 0.169 e. The number of rotatable bonds is 3. The second kappa shape index (κ2) is 12.2. The molecule has 0 amide bonds. The van der Waals surface area contributed by atoms with E-state index < -0.39 is 0 Å². The van der Waals surface area contributed by atoms with Crippen molar-refractivity contribution >= 4 is 51.1 Å². The van der Waals surface area contributed by atoms with Crippen molar-refractivity contribution in [1.82, 2.24) is 9.97 Å². The average Bonchev–Trinajstić information content (AvgIpc) is 3.03. The monoisotopic (exact) mass is 442 g/mol. The van der Waals surface area contributed by atoms with Gasteiger partial charge in [-0.1, -0.05) is 36.4 Å². The van der Waals surface area contributed by atoms with Crippen molar-refractivity contribution in [3.8, 4) is 0 Å². The van der Waals surface area contributed by atoms with Gasteiger partial charge in [0.2, 0.25) is 0 Å². The van der Waals surface area contributed by atoms with Crippen molar-refractivity contribution < 1.29 is 4.79 Å². The Morgan fingerprint density at radius 1 is 0.909 bits per heavy atom. The van der Waals surface area contributed by atoms with Gasteiger partial charge in [-0.15, -0.1) is 45.3 Å². The third-order valence-corrected chi connectivity index (χ3v) is 3.24. The van der Waals surface area contributed by atoms with Crippen molar-refractivity contribution in [2.45, 2.75) is 6.42 Å². The molecule has 3 nitrogen and oxygen atoms in total. The van der Waals surface area contributed by atoms with Gasteiger partial charge in [-0.3, -0.25) is 9.78 Å². The highest BCUT2D eigenvalue weighted by molar-refractivity contribution is 8.93. The van der Waals surface area contributed by atoms with E-state index in [0.717, 1.165) is 10.6 Å². The number of hydrogen-bond donors (Lipinski definition) is 0. The summed E-state index contributed by atoms with van der Waals surface area (Å²) in [6.07, 6.45) is 5.62. The van der Waals surface area contributed by atoms with Gasteiger partial charge >= 0.3 is 0 Å². The number of hydrogen-bond acceptors (Lipinski definition) is 4. The van der Waals surface area contributed by atoms with Crippen LogP contribution in [0.25, 0.3) is 0 Å². The molecule has 0 aliphatic carbocycles. The molecule has 0 unspecified atom stereocenters. The zero-order chi connectivity index (χ0) is 14.0. The van der Waals surface area contributed by atoms with Gasteiger partial charge in [0.1, 0.15) is 5.01 Å². The van der Waals surface area contributed by atoms with E-state index in [-0.39, 0.29) is 39.7 Å². The van der Waals surface area contributed by atoms with E-state index in [0.29, 0.717) is 6.42 Å². The van der Waals surface area contributed by atoms with E-state index in [9.17, 15) is 4.79 Å². The van der Waals surface area contributed by atoms with E-state index >= 15 is 0 Å². The van der Waals surface area contributed by atoms with Crippen molar-refractivity contribution in [3.05, 3.63) is 83.1 Å². The van der Waals surface area contributed by atoms with Crippen LogP contribution in [0, 0.1) is 0 Å². The van der Waals surface area contributed by atoms with Crippen LogP contribution in [0.3, 0.4) is 0 Å². The molecule has 0 fully saturated rings. The standard InChI is InChI=1S/C11H9NOS.C5H5N.2BrH/c13-10(8-11-12-6-7-14-11)9-4-2-1-3-5-9;1-2-4-6-5-3-1;;/h1-7H,8H2;1-5H;2*1H. The average molecular weight is 444 g/mol. The first-order valence-corrected chi connectivity index (χ1v) is 7.06. The Morgan fingerprint density at radius 2 is 1.55 bits per heavy atom. The topological polar surface area (TPSA) is 42.9 Å². The lowest BCUT2D eigenvalue weighted by Crippen LogP contribution is -2.02. The molecule has 0 N–H and O–H groups in total. The Kier molecular flexibility index (Phi) is 11.4. The highest BCUT2D eigenvalue weighted by Crippen LogP contribution is 2.09. The summed E-state index contributed by atoms with van der Waals surface area (Å²) in [5.74, 6) is 0.126. The summed E-state index contributed by atoms with van der Waals surface area (Å²) in [7, 11) is 0. The maximum atomic E-state index is 11.7. The van der Waals surface area contributed by atoms with Crippen LogP contribution in [0.1, 0.15) is 15.4 Å². The molecular formula is C16H16Br2N2OS. The predicted molar refractivity (Wildman–Crippen MR) is 101 cm³/mol. The molecule has 116 valence electrons. The van der Waals surface area contributed by atoms with Gasteiger partial charge in [0.25, 0.3) is 0 Å². The number of carbonyl (C=O) groups excluding carboxylic acids is 1. The van der Waals surface area contributed by atoms with E-state index in [1.165, 1.54) is 11.3 Å². The summed E-state index contributed by atoms with van der Waals surface area (Å²) in [6.45, 7) is 0. The van der Waals surface area contributed by atoms with Gasteiger partial charge in [0.15, 0.2) is 5.78 Å². The second-order valence-corrected chi connectivity index (χ2v) is 4.90. The highest BCUT2D eigenvalue weighted by atomic mass is 79.9. The number of Topliss-reactive ketones (excluding diaryl/α,β-unsaturated/α-hetero) is 1. The zero-order valence-corrected chi connectivity index (χ0v) is 15.9. The van der Waals surface area contributed by atoms with E-state index in [2.05, 4.69) is 9.97 Å². The number of thiazole rings is 1. The molecule has 6 heteroatoms. The maximum absolute atomic E-state index is 11.7. The van der Waals surface area contributed by atoms with Crippen LogP contribution in [0.2, 0.25) is 0 Å². The molecule has 22 heavy (non-hydrogen) atoms. The van der Waals surface area contributed by atoms with Crippen LogP contribution in [0.5, 0.6) is 0 Å². The molecule has 1 aromatic carbocycles. The van der Waals surface area contributed by atoms with Gasteiger partial charge in [-0.25, -0.2) is 4.98 Å². The van der Waals surface area contributed by atoms with Crippen LogP contribution < -0.4 is 0 Å². The summed E-state index contributed by atoms with van der Waals surface area (Å²) >= 11 is 1.51. The quantitative estimate of drug-likeness (QED) is 0.545. The first kappa shape index (κ1) is 20.6. The molecule has 0 aliphatic rings. The molecule has 0 spiro atoms. The van der Waals surface area contributed by atoms with Gasteiger partial charge in [-0.05, 0) is 12.1 Å². The predicted octanol–water partition coefficient (Wildman–Crippen LogP) is 4.81. The number of halogens is 2. The molecular weight excluding hydrogens is 428 g/mol. The fraction of sp³-hybridized carbons (Fsp3) is 0.0625. The molecule has 2 aromatic heterocycles. The Balaban J connectivity index is 0.000000472. The normalized spacial score (nSPS) is 8.55. The molecule has 3 rings (SSSR count). The van der Waals surface area contributed by atoms with E-state index in [1.54, 1.807) is 18.6 Å². The number of nitrogens with zero attached hydrogens (tertiary/aromatic N) is 2. The lowest BCUT2D eigenvalue weighted by Gasteiger charge is -1.96. The third kappa shape index (κ3) is 7.59. The second-order valence-electron chi connectivity index (χ2n) is 3.92. The molecule has 0 radical (unpaired) electrons. The summed E-state index contributed by atoms with van der Waals surface area (Å²) in [4.78, 5) is 19.5.